The van der Waals surface area contributed by atoms with Gasteiger partial charge in [0.2, 0.25) is 22.7 Å². The van der Waals surface area contributed by atoms with E-state index in [4.69, 9.17) is 9.47 Å². The number of rotatable bonds is 5. The lowest BCUT2D eigenvalue weighted by Gasteiger charge is -2.28. The Hall–Kier alpha value is -1.96. The normalized spacial score (nSPS) is 17.1. The Kier molecular flexibility index (Phi) is 4.58. The summed E-state index contributed by atoms with van der Waals surface area (Å²) in [5.41, 5.74) is 0.398. The molecule has 1 saturated carbocycles. The van der Waals surface area contributed by atoms with Gasteiger partial charge in [-0.1, -0.05) is 12.8 Å². The van der Waals surface area contributed by atoms with Crippen LogP contribution >= 0.6 is 0 Å². The van der Waals surface area contributed by atoms with Crippen molar-refractivity contribution in [2.24, 2.45) is 0 Å². The van der Waals surface area contributed by atoms with Crippen LogP contribution in [0.3, 0.4) is 0 Å². The maximum Gasteiger partial charge on any atom is 0.243 e. The van der Waals surface area contributed by atoms with Crippen LogP contribution in [0.4, 0.5) is 5.69 Å². The first-order valence-corrected chi connectivity index (χ1v) is 9.84. The second kappa shape index (κ2) is 6.51. The molecular weight excluding hydrogens is 332 g/mol. The molecule has 0 aromatic heterocycles. The standard InChI is InChI=1S/C16H22N2O5S/c1-17(12-5-3-4-6-12)16(19)10-18(24(2,20)21)13-7-8-14-15(9-13)23-11-22-14/h7-9,12H,3-6,10-11H2,1-2H3. The fraction of sp³-hybridized carbons (Fsp3) is 0.562. The Morgan fingerprint density at radius 2 is 1.88 bits per heavy atom. The summed E-state index contributed by atoms with van der Waals surface area (Å²) < 4.78 is 36.0. The monoisotopic (exact) mass is 354 g/mol. The van der Waals surface area contributed by atoms with Gasteiger partial charge in [0.25, 0.3) is 0 Å². The van der Waals surface area contributed by atoms with Crippen molar-refractivity contribution >= 4 is 21.6 Å². The molecule has 0 saturated heterocycles. The summed E-state index contributed by atoms with van der Waals surface area (Å²) in [7, 11) is -1.85. The highest BCUT2D eigenvalue weighted by atomic mass is 32.2. The maximum atomic E-state index is 12.6. The number of hydrogen-bond acceptors (Lipinski definition) is 5. The van der Waals surface area contributed by atoms with Gasteiger partial charge in [0.05, 0.1) is 11.9 Å². The van der Waals surface area contributed by atoms with Gasteiger partial charge in [-0.2, -0.15) is 0 Å². The number of amides is 1. The molecule has 1 aliphatic carbocycles. The summed E-state index contributed by atoms with van der Waals surface area (Å²) in [5.74, 6) is 0.851. The first-order valence-electron chi connectivity index (χ1n) is 7.99. The number of anilines is 1. The summed E-state index contributed by atoms with van der Waals surface area (Å²) in [6.45, 7) is -0.105. The van der Waals surface area contributed by atoms with E-state index in [1.54, 1.807) is 30.1 Å². The Labute approximate surface area is 142 Å². The minimum Gasteiger partial charge on any atom is -0.454 e. The van der Waals surface area contributed by atoms with Crippen LogP contribution in [-0.4, -0.2) is 51.9 Å². The van der Waals surface area contributed by atoms with E-state index in [0.29, 0.717) is 17.2 Å². The predicted octanol–water partition coefficient (Wildman–Crippen LogP) is 1.58. The van der Waals surface area contributed by atoms with Crippen LogP contribution in [0.2, 0.25) is 0 Å². The van der Waals surface area contributed by atoms with E-state index in [2.05, 4.69) is 0 Å². The van der Waals surface area contributed by atoms with Crippen molar-refractivity contribution in [3.8, 4) is 11.5 Å². The molecule has 1 amide bonds. The highest BCUT2D eigenvalue weighted by Crippen LogP contribution is 2.36. The van der Waals surface area contributed by atoms with E-state index in [0.717, 1.165) is 36.2 Å². The van der Waals surface area contributed by atoms with Gasteiger partial charge in [-0.05, 0) is 25.0 Å². The second-order valence-corrected chi connectivity index (χ2v) is 8.16. The average molecular weight is 354 g/mol. The number of sulfonamides is 1. The lowest BCUT2D eigenvalue weighted by molar-refractivity contribution is -0.130. The zero-order valence-corrected chi connectivity index (χ0v) is 14.7. The van der Waals surface area contributed by atoms with Gasteiger partial charge in [0.15, 0.2) is 11.5 Å². The van der Waals surface area contributed by atoms with Gasteiger partial charge >= 0.3 is 0 Å². The SMILES string of the molecule is CN(C(=O)CN(c1ccc2c(c1)OCO2)S(C)(=O)=O)C1CCCC1. The highest BCUT2D eigenvalue weighted by molar-refractivity contribution is 7.92. The molecule has 0 bridgehead atoms. The molecule has 1 fully saturated rings. The maximum absolute atomic E-state index is 12.6. The average Bonchev–Trinajstić information content (AvgIpc) is 3.20. The van der Waals surface area contributed by atoms with E-state index in [1.165, 1.54) is 0 Å². The Morgan fingerprint density at radius 3 is 2.54 bits per heavy atom. The first kappa shape index (κ1) is 16.9. The molecule has 0 unspecified atom stereocenters. The molecule has 24 heavy (non-hydrogen) atoms. The van der Waals surface area contributed by atoms with Crippen LogP contribution < -0.4 is 13.8 Å². The van der Waals surface area contributed by atoms with Gasteiger partial charge < -0.3 is 14.4 Å². The number of hydrogen-bond donors (Lipinski definition) is 0. The minimum atomic E-state index is -3.60. The second-order valence-electron chi connectivity index (χ2n) is 6.25. The third-order valence-electron chi connectivity index (χ3n) is 4.59. The number of fused-ring (bicyclic) bond motifs is 1. The highest BCUT2D eigenvalue weighted by Gasteiger charge is 2.28. The number of carbonyl (C=O) groups is 1. The number of likely N-dealkylation sites (N-methyl/N-ethyl adjacent to an activating group) is 1. The van der Waals surface area contributed by atoms with E-state index in [9.17, 15) is 13.2 Å². The van der Waals surface area contributed by atoms with Gasteiger partial charge in [0, 0.05) is 19.2 Å². The summed E-state index contributed by atoms with van der Waals surface area (Å²) in [5, 5.41) is 0. The Morgan fingerprint density at radius 1 is 1.21 bits per heavy atom. The zero-order chi connectivity index (χ0) is 17.3. The minimum absolute atomic E-state index is 0.112. The van der Waals surface area contributed by atoms with Crippen molar-refractivity contribution in [1.82, 2.24) is 4.90 Å². The van der Waals surface area contributed by atoms with Crippen molar-refractivity contribution in [2.75, 3.05) is 30.9 Å². The lowest BCUT2D eigenvalue weighted by Crippen LogP contribution is -2.44. The molecule has 8 heteroatoms. The first-order chi connectivity index (χ1) is 11.4. The van der Waals surface area contributed by atoms with E-state index >= 15 is 0 Å². The zero-order valence-electron chi connectivity index (χ0n) is 13.9. The van der Waals surface area contributed by atoms with Crippen LogP contribution in [0.25, 0.3) is 0 Å². The molecule has 1 aromatic carbocycles. The quantitative estimate of drug-likeness (QED) is 0.802. The van der Waals surface area contributed by atoms with Crippen molar-refractivity contribution in [3.63, 3.8) is 0 Å². The Balaban J connectivity index is 1.81. The molecule has 0 atom stereocenters. The van der Waals surface area contributed by atoms with Gasteiger partial charge in [-0.15, -0.1) is 0 Å². The number of benzene rings is 1. The van der Waals surface area contributed by atoms with Crippen LogP contribution in [0.15, 0.2) is 18.2 Å². The van der Waals surface area contributed by atoms with Crippen molar-refractivity contribution in [1.29, 1.82) is 0 Å². The molecule has 1 aromatic rings. The van der Waals surface area contributed by atoms with E-state index < -0.39 is 10.0 Å². The predicted molar refractivity (Wildman–Crippen MR) is 89.8 cm³/mol. The molecule has 1 aliphatic heterocycles. The van der Waals surface area contributed by atoms with E-state index in [1.807, 2.05) is 0 Å². The van der Waals surface area contributed by atoms with E-state index in [-0.39, 0.29) is 25.3 Å². The van der Waals surface area contributed by atoms with Crippen molar-refractivity contribution < 1.29 is 22.7 Å². The smallest absolute Gasteiger partial charge is 0.243 e. The Bertz CT molecular complexity index is 728. The summed E-state index contributed by atoms with van der Waals surface area (Å²) in [4.78, 5) is 14.2. The summed E-state index contributed by atoms with van der Waals surface area (Å²) in [6.07, 6.45) is 5.27. The molecule has 1 heterocycles. The van der Waals surface area contributed by atoms with Crippen molar-refractivity contribution in [3.05, 3.63) is 18.2 Å². The lowest BCUT2D eigenvalue weighted by atomic mass is 10.2. The van der Waals surface area contributed by atoms with Gasteiger partial charge in [0.1, 0.15) is 6.54 Å². The van der Waals surface area contributed by atoms with Crippen molar-refractivity contribution in [2.45, 2.75) is 31.7 Å². The fourth-order valence-electron chi connectivity index (χ4n) is 3.17. The fourth-order valence-corrected chi connectivity index (χ4v) is 4.01. The molecule has 7 nitrogen and oxygen atoms in total. The van der Waals surface area contributed by atoms with Crippen LogP contribution in [0.1, 0.15) is 25.7 Å². The van der Waals surface area contributed by atoms with Crippen LogP contribution in [0.5, 0.6) is 11.5 Å². The molecule has 0 spiro atoms. The number of ether oxygens (including phenoxy) is 2. The molecule has 3 rings (SSSR count). The molecular formula is C16H22N2O5S. The van der Waals surface area contributed by atoms with Crippen LogP contribution in [-0.2, 0) is 14.8 Å². The third-order valence-corrected chi connectivity index (χ3v) is 5.73. The molecule has 132 valence electrons. The van der Waals surface area contributed by atoms with Gasteiger partial charge in [-0.3, -0.25) is 9.10 Å². The molecule has 0 radical (unpaired) electrons. The van der Waals surface area contributed by atoms with Gasteiger partial charge in [-0.25, -0.2) is 8.42 Å². The summed E-state index contributed by atoms with van der Waals surface area (Å²) >= 11 is 0. The molecule has 2 aliphatic rings. The third kappa shape index (κ3) is 3.43. The number of carbonyl (C=O) groups excluding carboxylic acids is 1. The largest absolute Gasteiger partial charge is 0.454 e. The van der Waals surface area contributed by atoms with Crippen LogP contribution in [0, 0.1) is 0 Å². The number of nitrogens with zero attached hydrogens (tertiary/aromatic N) is 2. The summed E-state index contributed by atoms with van der Waals surface area (Å²) in [6, 6.07) is 5.07. The molecule has 0 N–H and O–H groups in total. The topological polar surface area (TPSA) is 76.2 Å².